The Morgan fingerprint density at radius 1 is 1.75 bits per heavy atom. The second-order valence-electron chi connectivity index (χ2n) is 1.09. The molecule has 0 amide bonds. The van der Waals surface area contributed by atoms with E-state index in [1.165, 1.54) is 0 Å². The second kappa shape index (κ2) is 3.85. The van der Waals surface area contributed by atoms with E-state index >= 15 is 0 Å². The van der Waals surface area contributed by atoms with Gasteiger partial charge in [0.1, 0.15) is 0 Å². The van der Waals surface area contributed by atoms with Crippen LogP contribution in [0, 0.1) is 0 Å². The molecule has 0 heterocycles. The molecule has 0 unspecified atom stereocenters. The molecule has 8 heavy (non-hydrogen) atoms. The van der Waals surface area contributed by atoms with E-state index in [2.05, 4.69) is 6.58 Å². The third-order valence-electron chi connectivity index (χ3n) is 0.451. The number of nitrogens with two attached hydrogens (primary N) is 2. The van der Waals surface area contributed by atoms with Gasteiger partial charge in [-0.15, -0.1) is 0 Å². The molecule has 0 rings (SSSR count). The van der Waals surface area contributed by atoms with E-state index < -0.39 is 21.2 Å². The van der Waals surface area contributed by atoms with Crippen LogP contribution in [0.4, 0.5) is 0 Å². The van der Waals surface area contributed by atoms with Crippen LogP contribution >= 0.6 is 0 Å². The molecule has 0 aliphatic heterocycles. The van der Waals surface area contributed by atoms with Crippen molar-refractivity contribution in [3.8, 4) is 0 Å². The first-order chi connectivity index (χ1) is 3.68. The van der Waals surface area contributed by atoms with Crippen molar-refractivity contribution in [2.45, 2.75) is 0 Å². The summed E-state index contributed by atoms with van der Waals surface area (Å²) in [6.07, 6.45) is 0. The van der Waals surface area contributed by atoms with Crippen LogP contribution in [-0.4, -0.2) is 8.34 Å². The van der Waals surface area contributed by atoms with Gasteiger partial charge in [-0.05, 0) is 0 Å². The first kappa shape index (κ1) is 7.90. The molecule has 0 aliphatic rings. The number of allylic oxidation sites excluding steroid dienone is 1. The normalized spacial score (nSPS) is 9.12. The number of hydrogen-bond donors (Lipinski definition) is 2. The van der Waals surface area contributed by atoms with E-state index in [1.54, 1.807) is 0 Å². The minimum atomic E-state index is -0.561. The molecule has 4 heteroatoms. The maximum absolute atomic E-state index is 10.5. The maximum atomic E-state index is 10.5. The van der Waals surface area contributed by atoms with Gasteiger partial charge in [0.2, 0.25) is 0 Å². The Kier molecular flexibility index (Phi) is 3.80. The molecule has 48 valence electrons. The molecule has 4 N–H and O–H groups in total. The molecule has 0 saturated heterocycles. The van der Waals surface area contributed by atoms with Crippen LogP contribution in [0.2, 0.25) is 0 Å². The second-order valence-corrected chi connectivity index (χ2v) is 3.71. The summed E-state index contributed by atoms with van der Waals surface area (Å²) >= 11 is -0.561. The van der Waals surface area contributed by atoms with Crippen LogP contribution in [0.15, 0.2) is 12.3 Å². The Morgan fingerprint density at radius 2 is 2.25 bits per heavy atom. The third-order valence-corrected chi connectivity index (χ3v) is 2.28. The molecule has 0 aliphatic carbocycles. The SMILES string of the molecule is C=C(N)C(=O)[I-]CN. The van der Waals surface area contributed by atoms with Gasteiger partial charge in [-0.25, -0.2) is 0 Å². The zero-order chi connectivity index (χ0) is 6.57. The van der Waals surface area contributed by atoms with Gasteiger partial charge < -0.3 is 0 Å². The standard InChI is InChI=1S/C4H8IN2O/c1-3(7)4(8)5-2-6/h1-2,6-7H2/q-1. The number of alkyl halides is 1. The number of carbonyl (C=O) groups is 1. The monoisotopic (exact) mass is 227 g/mol. The fourth-order valence-corrected chi connectivity index (χ4v) is 1.05. The van der Waals surface area contributed by atoms with Gasteiger partial charge in [0.15, 0.2) is 0 Å². The van der Waals surface area contributed by atoms with Crippen LogP contribution in [0.25, 0.3) is 0 Å². The number of halogens is 1. The Labute approximate surface area is 58.4 Å². The van der Waals surface area contributed by atoms with Gasteiger partial charge in [0.25, 0.3) is 0 Å². The Hall–Kier alpha value is -0.100. The summed E-state index contributed by atoms with van der Waals surface area (Å²) < 4.78 is 0.403. The van der Waals surface area contributed by atoms with Gasteiger partial charge in [0.05, 0.1) is 0 Å². The van der Waals surface area contributed by atoms with E-state index in [4.69, 9.17) is 11.5 Å². The summed E-state index contributed by atoms with van der Waals surface area (Å²) in [6, 6.07) is 0. The fraction of sp³-hybridized carbons (Fsp3) is 0.250. The van der Waals surface area contributed by atoms with Crippen molar-refractivity contribution in [1.29, 1.82) is 0 Å². The fourth-order valence-electron chi connectivity index (χ4n) is 0.156. The van der Waals surface area contributed by atoms with Gasteiger partial charge in [0, 0.05) is 0 Å². The van der Waals surface area contributed by atoms with Crippen LogP contribution in [0.5, 0.6) is 0 Å². The topological polar surface area (TPSA) is 69.1 Å². The van der Waals surface area contributed by atoms with E-state index in [0.29, 0.717) is 4.55 Å². The quantitative estimate of drug-likeness (QED) is 0.170. The van der Waals surface area contributed by atoms with Crippen molar-refractivity contribution >= 4 is 3.79 Å². The van der Waals surface area contributed by atoms with Crippen molar-refractivity contribution < 1.29 is 26.0 Å². The average Bonchev–Trinajstić information content (AvgIpc) is 1.67. The molecule has 0 saturated carbocycles. The Balaban J connectivity index is 3.49. The first-order valence-corrected chi connectivity index (χ1v) is 4.57. The first-order valence-electron chi connectivity index (χ1n) is 1.96. The molecule has 0 fully saturated rings. The van der Waals surface area contributed by atoms with Crippen LogP contribution in [-0.2, 0) is 4.79 Å². The Morgan fingerprint density at radius 3 is 2.38 bits per heavy atom. The van der Waals surface area contributed by atoms with E-state index in [1.807, 2.05) is 0 Å². The average molecular weight is 227 g/mol. The van der Waals surface area contributed by atoms with Crippen molar-refractivity contribution in [3.05, 3.63) is 12.3 Å². The minimum absolute atomic E-state index is 0.0497. The molecule has 0 aromatic heterocycles. The summed E-state index contributed by atoms with van der Waals surface area (Å²) in [5.41, 5.74) is 10.3. The summed E-state index contributed by atoms with van der Waals surface area (Å²) in [7, 11) is 0. The van der Waals surface area contributed by atoms with Gasteiger partial charge >= 0.3 is 58.1 Å². The molecule has 0 radical (unpaired) electrons. The summed E-state index contributed by atoms with van der Waals surface area (Å²) in [5.74, 6) is 0. The van der Waals surface area contributed by atoms with Crippen molar-refractivity contribution in [2.75, 3.05) is 4.55 Å². The number of hydrogen-bond acceptors (Lipinski definition) is 3. The molecule has 0 aromatic rings. The molecule has 0 spiro atoms. The van der Waals surface area contributed by atoms with Crippen molar-refractivity contribution in [2.24, 2.45) is 11.5 Å². The van der Waals surface area contributed by atoms with E-state index in [0.717, 1.165) is 0 Å². The molecular weight excluding hydrogens is 219 g/mol. The number of rotatable bonds is 3. The van der Waals surface area contributed by atoms with Crippen LogP contribution < -0.4 is 32.7 Å². The predicted molar refractivity (Wildman–Crippen MR) is 27.4 cm³/mol. The van der Waals surface area contributed by atoms with Crippen LogP contribution in [0.1, 0.15) is 0 Å². The summed E-state index contributed by atoms with van der Waals surface area (Å²) in [4.78, 5) is 10.5. The Bertz CT molecular complexity index is 113. The number of carbonyl (C=O) groups excluding carboxylic acids is 1. The van der Waals surface area contributed by atoms with Crippen LogP contribution in [0.3, 0.4) is 0 Å². The molecule has 0 aromatic carbocycles. The predicted octanol–water partition coefficient (Wildman–Crippen LogP) is -4.01. The van der Waals surface area contributed by atoms with Crippen molar-refractivity contribution in [3.63, 3.8) is 0 Å². The molecular formula is C4H8IN2O-. The van der Waals surface area contributed by atoms with E-state index in [-0.39, 0.29) is 9.49 Å². The van der Waals surface area contributed by atoms with E-state index in [9.17, 15) is 4.79 Å². The molecule has 3 nitrogen and oxygen atoms in total. The third kappa shape index (κ3) is 2.98. The summed E-state index contributed by atoms with van der Waals surface area (Å²) in [5, 5.41) is 0. The van der Waals surface area contributed by atoms with Gasteiger partial charge in [-0.3, -0.25) is 0 Å². The molecule has 0 bridgehead atoms. The van der Waals surface area contributed by atoms with Crippen molar-refractivity contribution in [1.82, 2.24) is 0 Å². The zero-order valence-electron chi connectivity index (χ0n) is 4.36. The van der Waals surface area contributed by atoms with Gasteiger partial charge in [-0.2, -0.15) is 0 Å². The molecule has 0 atom stereocenters. The zero-order valence-corrected chi connectivity index (χ0v) is 6.51. The summed E-state index contributed by atoms with van der Waals surface area (Å²) in [6.45, 7) is 3.27. The van der Waals surface area contributed by atoms with Gasteiger partial charge in [-0.1, -0.05) is 0 Å².